The molecule has 2 aromatic rings. The monoisotopic (exact) mass is 344 g/mol. The van der Waals surface area contributed by atoms with Crippen molar-refractivity contribution in [1.29, 1.82) is 0 Å². The number of nitrogens with one attached hydrogen (secondary N) is 1. The highest BCUT2D eigenvalue weighted by Crippen LogP contribution is 2.27. The van der Waals surface area contributed by atoms with E-state index in [2.05, 4.69) is 10.3 Å². The van der Waals surface area contributed by atoms with Crippen molar-refractivity contribution in [2.24, 2.45) is 5.73 Å². The molecule has 1 aliphatic rings. The summed E-state index contributed by atoms with van der Waals surface area (Å²) < 4.78 is 2.02. The van der Waals surface area contributed by atoms with E-state index in [1.807, 2.05) is 35.7 Å². The number of fused-ring (bicyclic) bond motifs is 1. The zero-order valence-electron chi connectivity index (χ0n) is 12.5. The Balaban J connectivity index is 0.00000121. The molecule has 3 N–H and O–H groups in total. The fourth-order valence-electron chi connectivity index (χ4n) is 2.86. The van der Waals surface area contributed by atoms with Crippen molar-refractivity contribution in [2.45, 2.75) is 44.7 Å². The highest BCUT2D eigenvalue weighted by Gasteiger charge is 2.36. The molecule has 0 saturated heterocycles. The average Bonchev–Trinajstić information content (AvgIpc) is 3.04. The number of carbonyl (C=O) groups excluding carboxylic acids is 1. The van der Waals surface area contributed by atoms with Gasteiger partial charge in [0.05, 0.1) is 17.8 Å². The van der Waals surface area contributed by atoms with Crippen LogP contribution in [0.3, 0.4) is 0 Å². The van der Waals surface area contributed by atoms with Gasteiger partial charge in [-0.1, -0.05) is 18.9 Å². The van der Waals surface area contributed by atoms with E-state index in [0.717, 1.165) is 42.7 Å². The second-order valence-corrected chi connectivity index (χ2v) is 5.67. The van der Waals surface area contributed by atoms with Crippen molar-refractivity contribution < 1.29 is 4.79 Å². The van der Waals surface area contributed by atoms with Crippen LogP contribution >= 0.6 is 24.8 Å². The number of amides is 1. The lowest BCUT2D eigenvalue weighted by atomic mass is 9.98. The Hall–Kier alpha value is -1.30. The zero-order valence-corrected chi connectivity index (χ0v) is 14.2. The van der Waals surface area contributed by atoms with E-state index in [1.54, 1.807) is 0 Å². The summed E-state index contributed by atoms with van der Waals surface area (Å²) in [5.74, 6) is -0.0521. The van der Waals surface area contributed by atoms with Crippen LogP contribution in [0.25, 0.3) is 5.65 Å². The van der Waals surface area contributed by atoms with E-state index >= 15 is 0 Å². The molecule has 0 aromatic carbocycles. The largest absolute Gasteiger partial charge is 0.349 e. The van der Waals surface area contributed by atoms with Gasteiger partial charge in [-0.05, 0) is 31.9 Å². The molecule has 5 nitrogen and oxygen atoms in total. The topological polar surface area (TPSA) is 72.4 Å². The maximum absolute atomic E-state index is 12.2. The first-order valence-electron chi connectivity index (χ1n) is 7.09. The van der Waals surface area contributed by atoms with Crippen LogP contribution < -0.4 is 11.1 Å². The van der Waals surface area contributed by atoms with Crippen molar-refractivity contribution in [3.63, 3.8) is 0 Å². The Bertz CT molecular complexity index is 650. The van der Waals surface area contributed by atoms with Gasteiger partial charge in [0.15, 0.2) is 0 Å². The molecule has 0 unspecified atom stereocenters. The molecule has 0 atom stereocenters. The molecule has 1 aliphatic carbocycles. The van der Waals surface area contributed by atoms with Crippen molar-refractivity contribution in [3.05, 3.63) is 35.8 Å². The van der Waals surface area contributed by atoms with Crippen LogP contribution in [-0.2, 0) is 11.3 Å². The predicted molar refractivity (Wildman–Crippen MR) is 91.7 cm³/mol. The predicted octanol–water partition coefficient (Wildman–Crippen LogP) is 2.37. The van der Waals surface area contributed by atoms with Crippen molar-refractivity contribution >= 4 is 36.4 Å². The van der Waals surface area contributed by atoms with Gasteiger partial charge >= 0.3 is 0 Å². The maximum Gasteiger partial charge on any atom is 0.240 e. The number of carbonyl (C=O) groups is 1. The molecule has 2 heterocycles. The molecule has 2 aromatic heterocycles. The number of nitrogens with zero attached hydrogens (tertiary/aromatic N) is 2. The first-order chi connectivity index (χ1) is 9.58. The Morgan fingerprint density at radius 1 is 1.36 bits per heavy atom. The number of imidazole rings is 1. The summed E-state index contributed by atoms with van der Waals surface area (Å²) in [4.78, 5) is 16.7. The van der Waals surface area contributed by atoms with E-state index in [-0.39, 0.29) is 30.7 Å². The molecule has 0 aliphatic heterocycles. The van der Waals surface area contributed by atoms with E-state index in [0.29, 0.717) is 6.54 Å². The van der Waals surface area contributed by atoms with Crippen LogP contribution in [0.4, 0.5) is 0 Å². The second kappa shape index (κ2) is 7.31. The van der Waals surface area contributed by atoms with Crippen LogP contribution in [0, 0.1) is 6.92 Å². The molecule has 1 saturated carbocycles. The van der Waals surface area contributed by atoms with E-state index in [1.165, 1.54) is 0 Å². The summed E-state index contributed by atoms with van der Waals surface area (Å²) in [7, 11) is 0. The lowest BCUT2D eigenvalue weighted by Crippen LogP contribution is -2.51. The minimum absolute atomic E-state index is 0. The molecular weight excluding hydrogens is 323 g/mol. The lowest BCUT2D eigenvalue weighted by molar-refractivity contribution is -0.126. The second-order valence-electron chi connectivity index (χ2n) is 5.67. The Morgan fingerprint density at radius 3 is 2.68 bits per heavy atom. The van der Waals surface area contributed by atoms with Gasteiger partial charge in [0, 0.05) is 11.9 Å². The van der Waals surface area contributed by atoms with E-state index in [4.69, 9.17) is 5.73 Å². The molecule has 0 radical (unpaired) electrons. The summed E-state index contributed by atoms with van der Waals surface area (Å²) in [6.45, 7) is 2.46. The Labute approximate surface area is 142 Å². The van der Waals surface area contributed by atoms with Gasteiger partial charge in [-0.25, -0.2) is 4.98 Å². The van der Waals surface area contributed by atoms with Crippen molar-refractivity contribution in [3.8, 4) is 0 Å². The number of halogens is 2. The smallest absolute Gasteiger partial charge is 0.240 e. The van der Waals surface area contributed by atoms with Gasteiger partial charge < -0.3 is 15.5 Å². The van der Waals surface area contributed by atoms with E-state index in [9.17, 15) is 4.79 Å². The standard InChI is InChI=1S/C15H20N4O.2ClH/c1-11-5-4-6-13-18-12(10-19(11)13)9-17-14(20)15(16)7-2-3-8-15;;/h4-6,10H,2-3,7-9,16H2,1H3,(H,17,20);2*1H. The molecule has 0 bridgehead atoms. The third-order valence-electron chi connectivity index (χ3n) is 4.12. The van der Waals surface area contributed by atoms with Crippen molar-refractivity contribution in [1.82, 2.24) is 14.7 Å². The molecule has 1 fully saturated rings. The SMILES string of the molecule is Cc1cccc2nc(CNC(=O)C3(N)CCCC3)cn12.Cl.Cl. The lowest BCUT2D eigenvalue weighted by Gasteiger charge is -2.21. The van der Waals surface area contributed by atoms with E-state index < -0.39 is 5.54 Å². The molecular formula is C15H22Cl2N4O. The van der Waals surface area contributed by atoms with Gasteiger partial charge in [0.2, 0.25) is 5.91 Å². The quantitative estimate of drug-likeness (QED) is 0.897. The summed E-state index contributed by atoms with van der Waals surface area (Å²) in [5, 5.41) is 2.92. The third kappa shape index (κ3) is 3.54. The van der Waals surface area contributed by atoms with Crippen molar-refractivity contribution in [2.75, 3.05) is 0 Å². The molecule has 7 heteroatoms. The summed E-state index contributed by atoms with van der Waals surface area (Å²) in [6.07, 6.45) is 5.60. The number of nitrogens with two attached hydrogens (primary N) is 1. The highest BCUT2D eigenvalue weighted by molar-refractivity contribution is 5.86. The molecule has 1 amide bonds. The number of aromatic nitrogens is 2. The Kier molecular flexibility index (Phi) is 6.23. The minimum Gasteiger partial charge on any atom is -0.349 e. The summed E-state index contributed by atoms with van der Waals surface area (Å²) >= 11 is 0. The molecule has 122 valence electrons. The van der Waals surface area contributed by atoms with Gasteiger partial charge in [-0.15, -0.1) is 24.8 Å². The Morgan fingerprint density at radius 2 is 2.05 bits per heavy atom. The first kappa shape index (κ1) is 18.7. The number of hydrogen-bond acceptors (Lipinski definition) is 3. The summed E-state index contributed by atoms with van der Waals surface area (Å²) in [6, 6.07) is 5.97. The third-order valence-corrected chi connectivity index (χ3v) is 4.12. The summed E-state index contributed by atoms with van der Waals surface area (Å²) in [5.41, 5.74) is 8.34. The van der Waals surface area contributed by atoms with Gasteiger partial charge in [0.25, 0.3) is 0 Å². The first-order valence-corrected chi connectivity index (χ1v) is 7.09. The fourth-order valence-corrected chi connectivity index (χ4v) is 2.86. The van der Waals surface area contributed by atoms with Crippen LogP contribution in [0.1, 0.15) is 37.1 Å². The average molecular weight is 345 g/mol. The minimum atomic E-state index is -0.672. The van der Waals surface area contributed by atoms with Crippen LogP contribution in [-0.4, -0.2) is 20.8 Å². The highest BCUT2D eigenvalue weighted by atomic mass is 35.5. The fraction of sp³-hybridized carbons (Fsp3) is 0.467. The molecule has 3 rings (SSSR count). The number of pyridine rings is 1. The maximum atomic E-state index is 12.2. The van der Waals surface area contributed by atoms with Gasteiger partial charge in [0.1, 0.15) is 5.65 Å². The van der Waals surface area contributed by atoms with Crippen LogP contribution in [0.5, 0.6) is 0 Å². The van der Waals surface area contributed by atoms with Gasteiger partial charge in [-0.3, -0.25) is 4.79 Å². The number of hydrogen-bond donors (Lipinski definition) is 2. The van der Waals surface area contributed by atoms with Crippen LogP contribution in [0.15, 0.2) is 24.4 Å². The van der Waals surface area contributed by atoms with Gasteiger partial charge in [-0.2, -0.15) is 0 Å². The number of aryl methyl sites for hydroxylation is 1. The molecule has 22 heavy (non-hydrogen) atoms. The normalized spacial score (nSPS) is 15.9. The number of rotatable bonds is 3. The zero-order chi connectivity index (χ0) is 14.2. The molecule has 0 spiro atoms. The van der Waals surface area contributed by atoms with Crippen LogP contribution in [0.2, 0.25) is 0 Å².